The first-order chi connectivity index (χ1) is 5.81. The summed E-state index contributed by atoms with van der Waals surface area (Å²) in [6.45, 7) is 3.66. The molecule has 0 aliphatic rings. The number of hydrogen-bond donors (Lipinski definition) is 1. The van der Waals surface area contributed by atoms with Crippen molar-refractivity contribution in [3.05, 3.63) is 0 Å². The summed E-state index contributed by atoms with van der Waals surface area (Å²) in [5.74, 6) is 0.192. The molecule has 72 valence electrons. The summed E-state index contributed by atoms with van der Waals surface area (Å²) in [7, 11) is 0. The molecule has 0 heterocycles. The quantitative estimate of drug-likeness (QED) is 0.559. The molecule has 0 unspecified atom stereocenters. The Bertz CT molecular complexity index is 103. The highest BCUT2D eigenvalue weighted by Gasteiger charge is 2.00. The van der Waals surface area contributed by atoms with E-state index in [9.17, 15) is 4.79 Å². The van der Waals surface area contributed by atoms with Gasteiger partial charge in [0, 0.05) is 13.0 Å². The van der Waals surface area contributed by atoms with Crippen LogP contribution in [0.4, 0.5) is 0 Å². The fourth-order valence-corrected chi connectivity index (χ4v) is 0.869. The molecule has 3 heteroatoms. The Morgan fingerprint density at radius 1 is 1.42 bits per heavy atom. The summed E-state index contributed by atoms with van der Waals surface area (Å²) in [5, 5.41) is 0. The van der Waals surface area contributed by atoms with Gasteiger partial charge < -0.3 is 10.5 Å². The maximum atomic E-state index is 11.0. The molecule has 0 aromatic rings. The minimum Gasteiger partial charge on any atom is -0.374 e. The number of ether oxygens (including phenoxy) is 1. The number of carbonyl (C=O) groups excluding carboxylic acids is 1. The predicted molar refractivity (Wildman–Crippen MR) is 49.0 cm³/mol. The Morgan fingerprint density at radius 2 is 2.17 bits per heavy atom. The lowest BCUT2D eigenvalue weighted by Gasteiger charge is -2.00. The van der Waals surface area contributed by atoms with Crippen LogP contribution < -0.4 is 5.73 Å². The average Bonchev–Trinajstić information content (AvgIpc) is 2.06. The molecule has 12 heavy (non-hydrogen) atoms. The Balaban J connectivity index is 3.10. The molecule has 0 fully saturated rings. The third-order valence-corrected chi connectivity index (χ3v) is 1.52. The van der Waals surface area contributed by atoms with Gasteiger partial charge >= 0.3 is 0 Å². The molecule has 0 atom stereocenters. The maximum Gasteiger partial charge on any atom is 0.158 e. The third-order valence-electron chi connectivity index (χ3n) is 1.52. The van der Waals surface area contributed by atoms with Gasteiger partial charge in [0.25, 0.3) is 0 Å². The molecular weight excluding hydrogens is 154 g/mol. The van der Waals surface area contributed by atoms with E-state index < -0.39 is 0 Å². The van der Waals surface area contributed by atoms with Crippen LogP contribution in [0.25, 0.3) is 0 Å². The summed E-state index contributed by atoms with van der Waals surface area (Å²) < 4.78 is 5.09. The van der Waals surface area contributed by atoms with Gasteiger partial charge in [-0.2, -0.15) is 0 Å². The Morgan fingerprint density at radius 3 is 2.75 bits per heavy atom. The molecule has 0 amide bonds. The lowest BCUT2D eigenvalue weighted by atomic mass is 10.2. The zero-order valence-electron chi connectivity index (χ0n) is 7.84. The van der Waals surface area contributed by atoms with E-state index in [1.807, 2.05) is 6.92 Å². The number of carbonyl (C=O) groups is 1. The molecule has 0 spiro atoms. The van der Waals surface area contributed by atoms with Crippen molar-refractivity contribution in [3.63, 3.8) is 0 Å². The van der Waals surface area contributed by atoms with Crippen LogP contribution in [0.5, 0.6) is 0 Å². The summed E-state index contributed by atoms with van der Waals surface area (Å²) in [4.78, 5) is 11.0. The van der Waals surface area contributed by atoms with E-state index >= 15 is 0 Å². The lowest BCUT2D eigenvalue weighted by Crippen LogP contribution is -2.09. The number of ketones is 1. The highest BCUT2D eigenvalue weighted by atomic mass is 16.5. The fourth-order valence-electron chi connectivity index (χ4n) is 0.869. The molecule has 3 nitrogen and oxygen atoms in total. The largest absolute Gasteiger partial charge is 0.374 e. The van der Waals surface area contributed by atoms with Gasteiger partial charge in [0.05, 0.1) is 0 Å². The van der Waals surface area contributed by atoms with E-state index in [-0.39, 0.29) is 12.4 Å². The van der Waals surface area contributed by atoms with Gasteiger partial charge in [0.1, 0.15) is 6.61 Å². The van der Waals surface area contributed by atoms with Crippen molar-refractivity contribution in [3.8, 4) is 0 Å². The Kier molecular flexibility index (Phi) is 8.39. The lowest BCUT2D eigenvalue weighted by molar-refractivity contribution is -0.123. The zero-order chi connectivity index (χ0) is 9.23. The van der Waals surface area contributed by atoms with Crippen LogP contribution in [-0.2, 0) is 9.53 Å². The normalized spacial score (nSPS) is 10.2. The molecular formula is C9H19NO2. The molecule has 0 aromatic heterocycles. The van der Waals surface area contributed by atoms with Gasteiger partial charge in [-0.15, -0.1) is 0 Å². The summed E-state index contributed by atoms with van der Waals surface area (Å²) in [5.41, 5.74) is 5.29. The molecule has 0 saturated carbocycles. The number of unbranched alkanes of at least 4 members (excludes halogenated alkanes) is 1. The van der Waals surface area contributed by atoms with Crippen LogP contribution >= 0.6 is 0 Å². The number of hydrogen-bond acceptors (Lipinski definition) is 3. The molecule has 0 saturated heterocycles. The summed E-state index contributed by atoms with van der Waals surface area (Å²) in [6.07, 6.45) is 3.40. The van der Waals surface area contributed by atoms with Gasteiger partial charge in [0.2, 0.25) is 0 Å². The monoisotopic (exact) mass is 173 g/mol. The smallest absolute Gasteiger partial charge is 0.158 e. The second kappa shape index (κ2) is 8.68. The first kappa shape index (κ1) is 11.6. The van der Waals surface area contributed by atoms with Gasteiger partial charge in [0.15, 0.2) is 5.78 Å². The van der Waals surface area contributed by atoms with Crippen molar-refractivity contribution in [2.24, 2.45) is 5.73 Å². The number of nitrogens with two attached hydrogens (primary N) is 1. The zero-order valence-corrected chi connectivity index (χ0v) is 7.84. The molecule has 0 aromatic carbocycles. The standard InChI is InChI=1S/C9H19NO2/c1-2-7-12-8-9(11)5-3-4-6-10/h2-8,10H2,1H3. The van der Waals surface area contributed by atoms with E-state index in [1.54, 1.807) is 0 Å². The fraction of sp³-hybridized carbons (Fsp3) is 0.889. The van der Waals surface area contributed by atoms with Crippen molar-refractivity contribution in [1.29, 1.82) is 0 Å². The van der Waals surface area contributed by atoms with E-state index in [4.69, 9.17) is 10.5 Å². The van der Waals surface area contributed by atoms with Crippen LogP contribution in [0.1, 0.15) is 32.6 Å². The van der Waals surface area contributed by atoms with E-state index in [0.717, 1.165) is 19.3 Å². The SMILES string of the molecule is CCCOCC(=O)CCCCN. The highest BCUT2D eigenvalue weighted by molar-refractivity contribution is 5.79. The highest BCUT2D eigenvalue weighted by Crippen LogP contribution is 1.95. The van der Waals surface area contributed by atoms with Crippen LogP contribution in [0.15, 0.2) is 0 Å². The molecule has 0 aliphatic carbocycles. The number of Topliss-reactive ketones (excluding diaryl/α,β-unsaturated/α-hetero) is 1. The minimum absolute atomic E-state index is 0.192. The van der Waals surface area contributed by atoms with Crippen molar-refractivity contribution >= 4 is 5.78 Å². The molecule has 0 aliphatic heterocycles. The van der Waals surface area contributed by atoms with Crippen LogP contribution in [0.3, 0.4) is 0 Å². The van der Waals surface area contributed by atoms with Crippen molar-refractivity contribution in [2.45, 2.75) is 32.6 Å². The first-order valence-corrected chi connectivity index (χ1v) is 4.60. The summed E-state index contributed by atoms with van der Waals surface area (Å²) >= 11 is 0. The van der Waals surface area contributed by atoms with E-state index in [1.165, 1.54) is 0 Å². The summed E-state index contributed by atoms with van der Waals surface area (Å²) in [6, 6.07) is 0. The van der Waals surface area contributed by atoms with Crippen LogP contribution in [0, 0.1) is 0 Å². The van der Waals surface area contributed by atoms with Crippen molar-refractivity contribution in [1.82, 2.24) is 0 Å². The van der Waals surface area contributed by atoms with Crippen LogP contribution in [0.2, 0.25) is 0 Å². The van der Waals surface area contributed by atoms with Gasteiger partial charge in [-0.3, -0.25) is 4.79 Å². The third kappa shape index (κ3) is 7.69. The minimum atomic E-state index is 0.192. The van der Waals surface area contributed by atoms with E-state index in [0.29, 0.717) is 19.6 Å². The first-order valence-electron chi connectivity index (χ1n) is 4.60. The van der Waals surface area contributed by atoms with E-state index in [2.05, 4.69) is 0 Å². The molecule has 0 radical (unpaired) electrons. The second-order valence-electron chi connectivity index (χ2n) is 2.84. The maximum absolute atomic E-state index is 11.0. The average molecular weight is 173 g/mol. The van der Waals surface area contributed by atoms with Gasteiger partial charge in [-0.1, -0.05) is 6.92 Å². The van der Waals surface area contributed by atoms with Gasteiger partial charge in [-0.05, 0) is 25.8 Å². The number of rotatable bonds is 8. The molecule has 0 bridgehead atoms. The van der Waals surface area contributed by atoms with Gasteiger partial charge in [-0.25, -0.2) is 0 Å². The Hall–Kier alpha value is -0.410. The van der Waals surface area contributed by atoms with Crippen LogP contribution in [-0.4, -0.2) is 25.5 Å². The van der Waals surface area contributed by atoms with Crippen molar-refractivity contribution in [2.75, 3.05) is 19.8 Å². The Labute approximate surface area is 74.3 Å². The second-order valence-corrected chi connectivity index (χ2v) is 2.84. The molecule has 2 N–H and O–H groups in total. The predicted octanol–water partition coefficient (Wildman–Crippen LogP) is 1.11. The molecule has 0 rings (SSSR count). The van der Waals surface area contributed by atoms with Crippen molar-refractivity contribution < 1.29 is 9.53 Å². The topological polar surface area (TPSA) is 52.3 Å².